The molecule has 0 aliphatic carbocycles. The van der Waals surface area contributed by atoms with Crippen molar-refractivity contribution in [3.8, 4) is 0 Å². The Kier molecular flexibility index (Phi) is 5.39. The Hall–Kier alpha value is -1.85. The molecule has 2 fully saturated rings. The molecule has 144 valence electrons. The average Bonchev–Trinajstić information content (AvgIpc) is 2.94. The smallest absolute Gasteiger partial charge is 0.259 e. The molecule has 1 aromatic rings. The Bertz CT molecular complexity index is 662. The van der Waals surface area contributed by atoms with Crippen LogP contribution in [0.4, 0.5) is 0 Å². The van der Waals surface area contributed by atoms with Crippen LogP contribution in [0.2, 0.25) is 0 Å². The van der Waals surface area contributed by atoms with Gasteiger partial charge in [-0.25, -0.2) is 0 Å². The first-order valence-electron chi connectivity index (χ1n) is 9.81. The van der Waals surface area contributed by atoms with Gasteiger partial charge in [0.1, 0.15) is 11.3 Å². The minimum Gasteiger partial charge on any atom is -0.361 e. The Morgan fingerprint density at radius 1 is 1.27 bits per heavy atom. The maximum atomic E-state index is 13.0. The number of nitrogens with zero attached hydrogens (tertiary/aromatic N) is 3. The zero-order chi connectivity index (χ0) is 18.9. The second-order valence-electron chi connectivity index (χ2n) is 8.53. The summed E-state index contributed by atoms with van der Waals surface area (Å²) in [4.78, 5) is 29.4. The van der Waals surface area contributed by atoms with Crippen molar-refractivity contribution in [2.45, 2.75) is 59.8 Å². The number of piperidine rings is 2. The van der Waals surface area contributed by atoms with Crippen LogP contribution in [0, 0.1) is 25.2 Å². The van der Waals surface area contributed by atoms with Gasteiger partial charge in [-0.3, -0.25) is 9.59 Å². The zero-order valence-electron chi connectivity index (χ0n) is 16.5. The van der Waals surface area contributed by atoms with Gasteiger partial charge < -0.3 is 14.3 Å². The SMILES string of the molecule is Cc1noc(C)c1C(=O)N1CCCC2(CCC(=O)N(CCC(C)C)C2)C1. The molecular formula is C20H31N3O3. The maximum Gasteiger partial charge on any atom is 0.259 e. The number of carbonyl (C=O) groups is 2. The summed E-state index contributed by atoms with van der Waals surface area (Å²) in [6.07, 6.45) is 4.59. The molecule has 0 saturated carbocycles. The van der Waals surface area contributed by atoms with Gasteiger partial charge in [-0.1, -0.05) is 19.0 Å². The van der Waals surface area contributed by atoms with Crippen LogP contribution in [0.15, 0.2) is 4.52 Å². The lowest BCUT2D eigenvalue weighted by Crippen LogP contribution is -2.55. The second kappa shape index (κ2) is 7.41. The van der Waals surface area contributed by atoms with Crippen LogP contribution in [-0.2, 0) is 4.79 Å². The largest absolute Gasteiger partial charge is 0.361 e. The molecule has 2 saturated heterocycles. The normalized spacial score (nSPS) is 24.0. The summed E-state index contributed by atoms with van der Waals surface area (Å²) in [5, 5.41) is 3.92. The predicted octanol–water partition coefficient (Wildman–Crippen LogP) is 3.18. The zero-order valence-corrected chi connectivity index (χ0v) is 16.5. The summed E-state index contributed by atoms with van der Waals surface area (Å²) < 4.78 is 5.18. The van der Waals surface area contributed by atoms with E-state index in [1.165, 1.54) is 0 Å². The minimum atomic E-state index is 0.0194. The van der Waals surface area contributed by atoms with E-state index in [4.69, 9.17) is 4.52 Å². The van der Waals surface area contributed by atoms with E-state index >= 15 is 0 Å². The lowest BCUT2D eigenvalue weighted by atomic mass is 9.73. The fourth-order valence-corrected chi connectivity index (χ4v) is 4.38. The van der Waals surface area contributed by atoms with Crippen LogP contribution in [0.5, 0.6) is 0 Å². The first kappa shape index (κ1) is 18.9. The first-order valence-corrected chi connectivity index (χ1v) is 9.81. The van der Waals surface area contributed by atoms with Gasteiger partial charge in [-0.15, -0.1) is 0 Å². The van der Waals surface area contributed by atoms with Gasteiger partial charge in [0.25, 0.3) is 5.91 Å². The van der Waals surface area contributed by atoms with Crippen LogP contribution < -0.4 is 0 Å². The van der Waals surface area contributed by atoms with Crippen LogP contribution in [0.1, 0.15) is 67.8 Å². The summed E-state index contributed by atoms with van der Waals surface area (Å²) in [7, 11) is 0. The van der Waals surface area contributed by atoms with Gasteiger partial charge in [-0.05, 0) is 45.4 Å². The molecule has 2 aliphatic rings. The molecule has 0 aromatic carbocycles. The van der Waals surface area contributed by atoms with Gasteiger partial charge >= 0.3 is 0 Å². The van der Waals surface area contributed by atoms with Crippen LogP contribution in [-0.4, -0.2) is 52.9 Å². The summed E-state index contributed by atoms with van der Waals surface area (Å²) in [5.41, 5.74) is 1.30. The highest BCUT2D eigenvalue weighted by molar-refractivity contribution is 5.96. The van der Waals surface area contributed by atoms with Crippen molar-refractivity contribution < 1.29 is 14.1 Å². The highest BCUT2D eigenvalue weighted by Gasteiger charge is 2.43. The molecule has 3 rings (SSSR count). The highest BCUT2D eigenvalue weighted by Crippen LogP contribution is 2.39. The number of hydrogen-bond acceptors (Lipinski definition) is 4. The molecule has 2 amide bonds. The van der Waals surface area contributed by atoms with Gasteiger partial charge in [-0.2, -0.15) is 0 Å². The summed E-state index contributed by atoms with van der Waals surface area (Å²) in [6.45, 7) is 11.1. The summed E-state index contributed by atoms with van der Waals surface area (Å²) in [5.74, 6) is 1.46. The van der Waals surface area contributed by atoms with Crippen molar-refractivity contribution in [3.63, 3.8) is 0 Å². The molecule has 6 nitrogen and oxygen atoms in total. The molecule has 6 heteroatoms. The van der Waals surface area contributed by atoms with E-state index in [2.05, 4.69) is 19.0 Å². The number of aromatic nitrogens is 1. The quantitative estimate of drug-likeness (QED) is 0.826. The highest BCUT2D eigenvalue weighted by atomic mass is 16.5. The van der Waals surface area contributed by atoms with Crippen LogP contribution in [0.3, 0.4) is 0 Å². The predicted molar refractivity (Wildman–Crippen MR) is 98.8 cm³/mol. The third-order valence-electron chi connectivity index (χ3n) is 5.92. The van der Waals surface area contributed by atoms with Gasteiger partial charge in [0, 0.05) is 38.0 Å². The van der Waals surface area contributed by atoms with Crippen molar-refractivity contribution in [1.82, 2.24) is 15.0 Å². The Morgan fingerprint density at radius 3 is 2.69 bits per heavy atom. The molecule has 0 radical (unpaired) electrons. The topological polar surface area (TPSA) is 66.7 Å². The Labute approximate surface area is 155 Å². The molecule has 2 aliphatic heterocycles. The fraction of sp³-hybridized carbons (Fsp3) is 0.750. The lowest BCUT2D eigenvalue weighted by Gasteiger charge is -2.48. The number of hydrogen-bond donors (Lipinski definition) is 0. The molecule has 1 atom stereocenters. The molecule has 0 bridgehead atoms. The number of carbonyl (C=O) groups excluding carboxylic acids is 2. The van der Waals surface area contributed by atoms with Crippen LogP contribution >= 0.6 is 0 Å². The summed E-state index contributed by atoms with van der Waals surface area (Å²) >= 11 is 0. The fourth-order valence-electron chi connectivity index (χ4n) is 4.38. The third-order valence-corrected chi connectivity index (χ3v) is 5.92. The molecule has 3 heterocycles. The summed E-state index contributed by atoms with van der Waals surface area (Å²) in [6, 6.07) is 0. The molecule has 1 unspecified atom stereocenters. The lowest BCUT2D eigenvalue weighted by molar-refractivity contribution is -0.139. The Morgan fingerprint density at radius 2 is 2.04 bits per heavy atom. The number of rotatable bonds is 4. The van der Waals surface area contributed by atoms with Gasteiger partial charge in [0.05, 0.1) is 5.69 Å². The molecule has 26 heavy (non-hydrogen) atoms. The first-order chi connectivity index (χ1) is 12.3. The van der Waals surface area contributed by atoms with Crippen molar-refractivity contribution >= 4 is 11.8 Å². The third kappa shape index (κ3) is 3.79. The average molecular weight is 361 g/mol. The van der Waals surface area contributed by atoms with Crippen molar-refractivity contribution in [2.75, 3.05) is 26.2 Å². The van der Waals surface area contributed by atoms with Gasteiger partial charge in [0.2, 0.25) is 5.91 Å². The van der Waals surface area contributed by atoms with E-state index in [0.29, 0.717) is 29.4 Å². The number of likely N-dealkylation sites (tertiary alicyclic amines) is 2. The molecular weight excluding hydrogens is 330 g/mol. The van der Waals surface area contributed by atoms with Crippen LogP contribution in [0.25, 0.3) is 0 Å². The van der Waals surface area contributed by atoms with Gasteiger partial charge in [0.15, 0.2) is 0 Å². The minimum absolute atomic E-state index is 0.0194. The number of amides is 2. The molecule has 1 aromatic heterocycles. The standard InChI is InChI=1S/C20H31N3O3/c1-14(2)7-11-22-12-20(9-6-17(22)24)8-5-10-23(13-20)19(25)18-15(3)21-26-16(18)4/h14H,5-13H2,1-4H3. The van der Waals surface area contributed by atoms with Crippen molar-refractivity contribution in [3.05, 3.63) is 17.0 Å². The number of aryl methyl sites for hydroxylation is 2. The second-order valence-corrected chi connectivity index (χ2v) is 8.53. The van der Waals surface area contributed by atoms with E-state index in [-0.39, 0.29) is 17.2 Å². The van der Waals surface area contributed by atoms with E-state index < -0.39 is 0 Å². The van der Waals surface area contributed by atoms with E-state index in [9.17, 15) is 9.59 Å². The van der Waals surface area contributed by atoms with E-state index in [1.807, 2.05) is 16.7 Å². The molecule has 1 spiro atoms. The van der Waals surface area contributed by atoms with E-state index in [1.54, 1.807) is 6.92 Å². The van der Waals surface area contributed by atoms with E-state index in [0.717, 1.165) is 51.9 Å². The van der Waals surface area contributed by atoms with Crippen molar-refractivity contribution in [2.24, 2.45) is 11.3 Å². The maximum absolute atomic E-state index is 13.0. The molecule has 0 N–H and O–H groups in total. The monoisotopic (exact) mass is 361 g/mol. The Balaban J connectivity index is 1.72. The van der Waals surface area contributed by atoms with Crippen molar-refractivity contribution in [1.29, 1.82) is 0 Å².